The van der Waals surface area contributed by atoms with Gasteiger partial charge in [0.1, 0.15) is 16.1 Å². The van der Waals surface area contributed by atoms with Crippen molar-refractivity contribution in [1.82, 2.24) is 15.3 Å². The van der Waals surface area contributed by atoms with Crippen molar-refractivity contribution >= 4 is 45.2 Å². The molecule has 0 radical (unpaired) electrons. The fourth-order valence-corrected chi connectivity index (χ4v) is 3.66. The summed E-state index contributed by atoms with van der Waals surface area (Å²) in [5.41, 5.74) is 0.801. The van der Waals surface area contributed by atoms with E-state index in [-0.39, 0.29) is 35.4 Å². The Balaban J connectivity index is 1.54. The first kappa shape index (κ1) is 21.6. The number of hydrogen-bond donors (Lipinski definition) is 3. The number of nitrogens with zero attached hydrogens (tertiary/aromatic N) is 2. The predicted molar refractivity (Wildman–Crippen MR) is 117 cm³/mol. The van der Waals surface area contributed by atoms with Gasteiger partial charge in [0.2, 0.25) is 11.8 Å². The zero-order chi connectivity index (χ0) is 21.5. The number of carbonyl (C=O) groups excluding carboxylic acids is 3. The van der Waals surface area contributed by atoms with Crippen molar-refractivity contribution in [2.24, 2.45) is 5.92 Å². The van der Waals surface area contributed by atoms with Crippen molar-refractivity contribution < 1.29 is 14.4 Å². The summed E-state index contributed by atoms with van der Waals surface area (Å²) in [6, 6.07) is 8.31. The molecule has 2 aromatic rings. The molecular formula is C21H22BrN5O3. The third-order valence-electron chi connectivity index (χ3n) is 4.80. The molecule has 0 unspecified atom stereocenters. The van der Waals surface area contributed by atoms with E-state index in [0.29, 0.717) is 22.5 Å². The molecule has 0 bridgehead atoms. The summed E-state index contributed by atoms with van der Waals surface area (Å²) in [4.78, 5) is 44.6. The Kier molecular flexibility index (Phi) is 7.29. The van der Waals surface area contributed by atoms with Crippen molar-refractivity contribution in [2.45, 2.75) is 31.7 Å². The average Bonchev–Trinajstić information content (AvgIpc) is 2.75. The Bertz CT molecular complexity index is 948. The minimum absolute atomic E-state index is 0.0256. The Morgan fingerprint density at radius 1 is 1.13 bits per heavy atom. The maximum absolute atomic E-state index is 12.6. The van der Waals surface area contributed by atoms with Gasteiger partial charge in [-0.3, -0.25) is 14.4 Å². The van der Waals surface area contributed by atoms with E-state index in [1.54, 1.807) is 30.3 Å². The van der Waals surface area contributed by atoms with Gasteiger partial charge in [-0.1, -0.05) is 19.1 Å². The molecule has 2 heterocycles. The van der Waals surface area contributed by atoms with E-state index in [4.69, 9.17) is 0 Å². The minimum atomic E-state index is -0.379. The summed E-state index contributed by atoms with van der Waals surface area (Å²) in [6.07, 6.45) is 5.81. The van der Waals surface area contributed by atoms with Gasteiger partial charge in [0.15, 0.2) is 0 Å². The van der Waals surface area contributed by atoms with Crippen LogP contribution in [0.3, 0.4) is 0 Å². The topological polar surface area (TPSA) is 113 Å². The van der Waals surface area contributed by atoms with Crippen molar-refractivity contribution in [3.63, 3.8) is 0 Å². The molecule has 1 saturated carbocycles. The molecule has 156 valence electrons. The molecule has 1 aliphatic carbocycles. The van der Waals surface area contributed by atoms with Gasteiger partial charge < -0.3 is 16.0 Å². The number of carbonyl (C=O) groups is 3. The fraction of sp³-hybridized carbons (Fsp3) is 0.286. The van der Waals surface area contributed by atoms with Crippen molar-refractivity contribution in [1.29, 1.82) is 0 Å². The first-order chi connectivity index (χ1) is 14.4. The van der Waals surface area contributed by atoms with Crippen LogP contribution in [0.5, 0.6) is 0 Å². The summed E-state index contributed by atoms with van der Waals surface area (Å²) in [6.45, 7) is 3.45. The Labute approximate surface area is 182 Å². The third kappa shape index (κ3) is 5.96. The van der Waals surface area contributed by atoms with Crippen LogP contribution in [0.15, 0.2) is 53.8 Å². The van der Waals surface area contributed by atoms with Crippen LogP contribution in [0.2, 0.25) is 0 Å². The van der Waals surface area contributed by atoms with Crippen molar-refractivity contribution in [2.75, 3.05) is 10.6 Å². The number of amides is 3. The van der Waals surface area contributed by atoms with E-state index >= 15 is 0 Å². The molecule has 0 aliphatic heterocycles. The molecule has 30 heavy (non-hydrogen) atoms. The zero-order valence-corrected chi connectivity index (χ0v) is 17.8. The second-order valence-electron chi connectivity index (χ2n) is 6.99. The maximum atomic E-state index is 12.6. The highest BCUT2D eigenvalue weighted by Crippen LogP contribution is 2.26. The molecule has 9 heteroatoms. The van der Waals surface area contributed by atoms with Crippen LogP contribution in [-0.2, 0) is 9.59 Å². The van der Waals surface area contributed by atoms with Gasteiger partial charge in [-0.05, 0) is 65.5 Å². The van der Waals surface area contributed by atoms with E-state index in [9.17, 15) is 14.4 Å². The van der Waals surface area contributed by atoms with Crippen LogP contribution in [0.25, 0.3) is 0 Å². The van der Waals surface area contributed by atoms with Crippen molar-refractivity contribution in [3.05, 3.63) is 59.5 Å². The summed E-state index contributed by atoms with van der Waals surface area (Å²) in [5.74, 6) is -0.540. The van der Waals surface area contributed by atoms with Crippen LogP contribution in [0.1, 0.15) is 36.2 Å². The first-order valence-electron chi connectivity index (χ1n) is 9.58. The second-order valence-corrected chi connectivity index (χ2v) is 7.81. The molecule has 2 aromatic heterocycles. The summed E-state index contributed by atoms with van der Waals surface area (Å²) in [5, 5.41) is 8.38. The second kappa shape index (κ2) is 10.1. The van der Waals surface area contributed by atoms with Crippen molar-refractivity contribution in [3.8, 4) is 0 Å². The molecular weight excluding hydrogens is 450 g/mol. The summed E-state index contributed by atoms with van der Waals surface area (Å²) >= 11 is 3.23. The number of hydrogen-bond acceptors (Lipinski definition) is 5. The zero-order valence-electron chi connectivity index (χ0n) is 16.2. The molecule has 3 amide bonds. The average molecular weight is 472 g/mol. The highest BCUT2D eigenvalue weighted by atomic mass is 79.9. The minimum Gasteiger partial charge on any atom is -0.350 e. The molecule has 1 fully saturated rings. The SMILES string of the molecule is C=CC(=O)N[C@@H]1CCC[C@H](C(=O)Nc2ccc(NC(=O)c3cccc(Br)n3)nc2)C1. The first-order valence-corrected chi connectivity index (χ1v) is 10.4. The van der Waals surface area contributed by atoms with E-state index in [1.165, 1.54) is 12.3 Å². The number of aromatic nitrogens is 2. The van der Waals surface area contributed by atoms with Gasteiger partial charge in [-0.2, -0.15) is 0 Å². The van der Waals surface area contributed by atoms with Crippen LogP contribution in [-0.4, -0.2) is 33.7 Å². The molecule has 3 N–H and O–H groups in total. The van der Waals surface area contributed by atoms with Gasteiger partial charge in [0, 0.05) is 12.0 Å². The monoisotopic (exact) mass is 471 g/mol. The lowest BCUT2D eigenvalue weighted by molar-refractivity contribution is -0.122. The van der Waals surface area contributed by atoms with E-state index in [2.05, 4.69) is 48.4 Å². The molecule has 0 spiro atoms. The standard InChI is InChI=1S/C21H22BrN5O3/c1-2-19(28)24-14-6-3-5-13(11-14)20(29)25-15-9-10-18(23-12-15)27-21(30)16-7-4-8-17(22)26-16/h2,4,7-10,12-14H,1,3,5-6,11H2,(H,24,28)(H,25,29)(H,23,27,30)/t13-,14+/m0/s1. The Hall–Kier alpha value is -3.07. The van der Waals surface area contributed by atoms with E-state index in [1.807, 2.05) is 0 Å². The number of pyridine rings is 2. The van der Waals surface area contributed by atoms with Gasteiger partial charge in [0.25, 0.3) is 5.91 Å². The van der Waals surface area contributed by atoms with Crippen LogP contribution in [0.4, 0.5) is 11.5 Å². The van der Waals surface area contributed by atoms with E-state index in [0.717, 1.165) is 19.3 Å². The molecule has 1 aliphatic rings. The van der Waals surface area contributed by atoms with Crippen LogP contribution < -0.4 is 16.0 Å². The third-order valence-corrected chi connectivity index (χ3v) is 5.24. The van der Waals surface area contributed by atoms with Crippen LogP contribution >= 0.6 is 15.9 Å². The van der Waals surface area contributed by atoms with Gasteiger partial charge >= 0.3 is 0 Å². The molecule has 0 aromatic carbocycles. The summed E-state index contributed by atoms with van der Waals surface area (Å²) < 4.78 is 0.565. The highest BCUT2D eigenvalue weighted by Gasteiger charge is 2.28. The lowest BCUT2D eigenvalue weighted by atomic mass is 9.85. The quantitative estimate of drug-likeness (QED) is 0.441. The Morgan fingerprint density at radius 3 is 2.67 bits per heavy atom. The lowest BCUT2D eigenvalue weighted by Crippen LogP contribution is -2.40. The fourth-order valence-electron chi connectivity index (χ4n) is 3.32. The molecule has 3 rings (SSSR count). The maximum Gasteiger partial charge on any atom is 0.275 e. The lowest BCUT2D eigenvalue weighted by Gasteiger charge is -2.28. The normalized spacial score (nSPS) is 18.2. The molecule has 0 saturated heterocycles. The number of rotatable bonds is 6. The van der Waals surface area contributed by atoms with E-state index < -0.39 is 0 Å². The molecule has 8 nitrogen and oxygen atoms in total. The molecule has 2 atom stereocenters. The van der Waals surface area contributed by atoms with Gasteiger partial charge in [-0.15, -0.1) is 0 Å². The van der Waals surface area contributed by atoms with Gasteiger partial charge in [-0.25, -0.2) is 9.97 Å². The van der Waals surface area contributed by atoms with Gasteiger partial charge in [0.05, 0.1) is 11.9 Å². The predicted octanol–water partition coefficient (Wildman–Crippen LogP) is 3.29. The number of halogens is 1. The smallest absolute Gasteiger partial charge is 0.275 e. The summed E-state index contributed by atoms with van der Waals surface area (Å²) in [7, 11) is 0. The Morgan fingerprint density at radius 2 is 1.97 bits per heavy atom. The van der Waals surface area contributed by atoms with Crippen LogP contribution in [0, 0.1) is 5.92 Å². The largest absolute Gasteiger partial charge is 0.350 e. The number of nitrogens with one attached hydrogen (secondary N) is 3. The highest BCUT2D eigenvalue weighted by molar-refractivity contribution is 9.10. The number of anilines is 2.